The van der Waals surface area contributed by atoms with Crippen LogP contribution < -0.4 is 4.57 Å². The second-order valence-electron chi connectivity index (χ2n) is 5.66. The molecule has 2 rings (SSSR count). The van der Waals surface area contributed by atoms with Gasteiger partial charge in [-0.3, -0.25) is 0 Å². The molecule has 0 aliphatic carbocycles. The first-order chi connectivity index (χ1) is 10.3. The summed E-state index contributed by atoms with van der Waals surface area (Å²) in [6.45, 7) is 8.76. The van der Waals surface area contributed by atoms with Gasteiger partial charge in [0.05, 0.1) is 16.3 Å². The van der Waals surface area contributed by atoms with E-state index >= 15 is 0 Å². The molecule has 0 spiro atoms. The Morgan fingerprint density at radius 2 is 1.86 bits per heavy atom. The summed E-state index contributed by atoms with van der Waals surface area (Å²) < 4.78 is 41.0. The fourth-order valence-corrected chi connectivity index (χ4v) is 4.57. The zero-order chi connectivity index (χ0) is 16.5. The summed E-state index contributed by atoms with van der Waals surface area (Å²) in [4.78, 5) is 5.15. The molecule has 7 heteroatoms. The van der Waals surface area contributed by atoms with Crippen molar-refractivity contribution in [3.63, 3.8) is 0 Å². The monoisotopic (exact) mass is 349 g/mol. The Hall–Kier alpha value is -0.950. The topological polar surface area (TPSA) is 16.8 Å². The number of alkyl halides is 3. The maximum absolute atomic E-state index is 13.0. The molecule has 0 fully saturated rings. The van der Waals surface area contributed by atoms with Gasteiger partial charge in [-0.1, -0.05) is 39.0 Å². The molecular weight excluding hydrogens is 329 g/mol. The van der Waals surface area contributed by atoms with Crippen molar-refractivity contribution < 1.29 is 17.7 Å². The van der Waals surface area contributed by atoms with Crippen LogP contribution in [0.3, 0.4) is 0 Å². The summed E-state index contributed by atoms with van der Waals surface area (Å²) in [5.41, 5.74) is 3.81. The number of thiazole rings is 2. The summed E-state index contributed by atoms with van der Waals surface area (Å²) in [5, 5.41) is 0. The number of rotatable bonds is 5. The smallest absolute Gasteiger partial charge is 0.240 e. The van der Waals surface area contributed by atoms with Crippen LogP contribution in [0.5, 0.6) is 0 Å². The van der Waals surface area contributed by atoms with E-state index in [2.05, 4.69) is 30.3 Å². The number of halogens is 3. The van der Waals surface area contributed by atoms with Gasteiger partial charge in [0.2, 0.25) is 5.51 Å². The number of hydrogen-bond acceptors (Lipinski definition) is 3. The molecule has 0 bridgehead atoms. The van der Waals surface area contributed by atoms with Crippen LogP contribution in [0, 0.1) is 0 Å². The lowest BCUT2D eigenvalue weighted by atomic mass is 10.1. The molecule has 0 aliphatic heterocycles. The highest BCUT2D eigenvalue weighted by Gasteiger charge is 2.38. The summed E-state index contributed by atoms with van der Waals surface area (Å²) in [6, 6.07) is 0. The predicted octanol–water partition coefficient (Wildman–Crippen LogP) is 5.00. The van der Waals surface area contributed by atoms with Crippen molar-refractivity contribution in [1.29, 1.82) is 0 Å². The summed E-state index contributed by atoms with van der Waals surface area (Å²) in [7, 11) is 0. The van der Waals surface area contributed by atoms with Crippen molar-refractivity contribution in [2.45, 2.75) is 58.7 Å². The van der Waals surface area contributed by atoms with E-state index in [1.807, 2.05) is 12.4 Å². The predicted molar refractivity (Wildman–Crippen MR) is 83.5 cm³/mol. The van der Waals surface area contributed by atoms with Gasteiger partial charge < -0.3 is 0 Å². The van der Waals surface area contributed by atoms with Gasteiger partial charge in [0.1, 0.15) is 0 Å². The molecule has 2 heterocycles. The number of hydrogen-bond donors (Lipinski definition) is 0. The lowest BCUT2D eigenvalue weighted by Crippen LogP contribution is -2.38. The van der Waals surface area contributed by atoms with E-state index in [4.69, 9.17) is 0 Å². The molecule has 0 saturated heterocycles. The van der Waals surface area contributed by atoms with Gasteiger partial charge in [0.15, 0.2) is 17.9 Å². The quantitative estimate of drug-likeness (QED) is 0.694. The summed E-state index contributed by atoms with van der Waals surface area (Å²) in [6.07, 6.45) is -3.49. The van der Waals surface area contributed by atoms with Gasteiger partial charge in [-0.25, -0.2) is 4.98 Å². The molecule has 22 heavy (non-hydrogen) atoms. The van der Waals surface area contributed by atoms with Gasteiger partial charge in [-0.05, 0) is 5.92 Å². The first-order valence-electron chi connectivity index (χ1n) is 7.25. The van der Waals surface area contributed by atoms with Crippen molar-refractivity contribution in [2.24, 2.45) is 0 Å². The van der Waals surface area contributed by atoms with Gasteiger partial charge >= 0.3 is 6.18 Å². The van der Waals surface area contributed by atoms with Crippen molar-refractivity contribution in [2.75, 3.05) is 0 Å². The van der Waals surface area contributed by atoms with Crippen LogP contribution in [0.15, 0.2) is 11.0 Å². The average molecular weight is 349 g/mol. The van der Waals surface area contributed by atoms with Gasteiger partial charge in [0.25, 0.3) is 0 Å². The first-order valence-corrected chi connectivity index (χ1v) is 9.01. The molecule has 1 atom stereocenters. The summed E-state index contributed by atoms with van der Waals surface area (Å²) in [5.74, 6) is 0.222. The molecule has 0 N–H and O–H groups in total. The van der Waals surface area contributed by atoms with E-state index in [1.54, 1.807) is 11.3 Å². The number of aromatic nitrogens is 2. The average Bonchev–Trinajstić information content (AvgIpc) is 3.03. The highest BCUT2D eigenvalue weighted by molar-refractivity contribution is 7.10. The lowest BCUT2D eigenvalue weighted by molar-refractivity contribution is -0.701. The fourth-order valence-electron chi connectivity index (χ4n) is 2.59. The van der Waals surface area contributed by atoms with Crippen LogP contribution in [-0.4, -0.2) is 4.98 Å². The molecule has 2 nitrogen and oxygen atoms in total. The van der Waals surface area contributed by atoms with Crippen LogP contribution in [0.4, 0.5) is 13.2 Å². The SMILES string of the molecule is CCc1c(C(C)C)sc[n+]1CC(C)c1scnc1C(F)(F)F. The Balaban J connectivity index is 2.27. The third-order valence-corrected chi connectivity index (χ3v) is 5.96. The van der Waals surface area contributed by atoms with Gasteiger partial charge in [0, 0.05) is 11.3 Å². The van der Waals surface area contributed by atoms with Crippen molar-refractivity contribution in [3.05, 3.63) is 32.2 Å². The third-order valence-electron chi connectivity index (χ3n) is 3.58. The molecular formula is C15H20F3N2S2+. The molecule has 1 unspecified atom stereocenters. The van der Waals surface area contributed by atoms with Crippen LogP contribution >= 0.6 is 22.7 Å². The highest BCUT2D eigenvalue weighted by atomic mass is 32.1. The molecule has 122 valence electrons. The van der Waals surface area contributed by atoms with Crippen LogP contribution in [-0.2, 0) is 19.1 Å². The van der Waals surface area contributed by atoms with Crippen molar-refractivity contribution in [1.82, 2.24) is 4.98 Å². The van der Waals surface area contributed by atoms with E-state index in [0.29, 0.717) is 17.3 Å². The van der Waals surface area contributed by atoms with E-state index < -0.39 is 11.9 Å². The first kappa shape index (κ1) is 17.4. The minimum Gasteiger partial charge on any atom is -0.240 e. The van der Waals surface area contributed by atoms with Crippen LogP contribution in [0.25, 0.3) is 0 Å². The molecule has 0 aromatic carbocycles. The number of nitrogens with zero attached hydrogens (tertiary/aromatic N) is 2. The Morgan fingerprint density at radius 3 is 2.41 bits per heavy atom. The Morgan fingerprint density at radius 1 is 1.18 bits per heavy atom. The molecule has 0 aliphatic rings. The fraction of sp³-hybridized carbons (Fsp3) is 0.600. The van der Waals surface area contributed by atoms with Crippen LogP contribution in [0.2, 0.25) is 0 Å². The second kappa shape index (κ2) is 6.66. The van der Waals surface area contributed by atoms with Crippen molar-refractivity contribution in [3.8, 4) is 0 Å². The minimum absolute atomic E-state index is 0.214. The Labute approximate surface area is 136 Å². The molecule has 0 amide bonds. The van der Waals surface area contributed by atoms with Gasteiger partial charge in [-0.2, -0.15) is 17.7 Å². The van der Waals surface area contributed by atoms with Gasteiger partial charge in [-0.15, -0.1) is 11.3 Å². The minimum atomic E-state index is -4.38. The van der Waals surface area contributed by atoms with E-state index in [0.717, 1.165) is 17.8 Å². The Kier molecular flexibility index (Phi) is 5.27. The van der Waals surface area contributed by atoms with E-state index in [1.165, 1.54) is 16.1 Å². The normalized spacial score (nSPS) is 13.8. The van der Waals surface area contributed by atoms with E-state index in [9.17, 15) is 13.2 Å². The van der Waals surface area contributed by atoms with E-state index in [-0.39, 0.29) is 5.92 Å². The second-order valence-corrected chi connectivity index (χ2v) is 7.43. The zero-order valence-corrected chi connectivity index (χ0v) is 14.7. The lowest BCUT2D eigenvalue weighted by Gasteiger charge is -2.11. The largest absolute Gasteiger partial charge is 0.434 e. The Bertz CT molecular complexity index is 629. The molecule has 2 aromatic heterocycles. The molecule has 0 radical (unpaired) electrons. The standard InChI is InChI=1S/C15H20F3N2S2/c1-5-11-12(9(2)3)22-8-20(11)6-10(4)13-14(15(16,17)18)19-7-21-13/h7-10H,5-6H2,1-4H3/q+1. The zero-order valence-electron chi connectivity index (χ0n) is 13.1. The third kappa shape index (κ3) is 3.51. The molecule has 2 aromatic rings. The maximum Gasteiger partial charge on any atom is 0.434 e. The van der Waals surface area contributed by atoms with Crippen molar-refractivity contribution >= 4 is 22.7 Å². The van der Waals surface area contributed by atoms with Crippen LogP contribution in [0.1, 0.15) is 60.7 Å². The maximum atomic E-state index is 13.0. The highest BCUT2D eigenvalue weighted by Crippen LogP contribution is 2.36. The molecule has 0 saturated carbocycles. The summed E-state index contributed by atoms with van der Waals surface area (Å²) >= 11 is 2.78.